The van der Waals surface area contributed by atoms with Crippen LogP contribution in [0.5, 0.6) is 0 Å². The van der Waals surface area contributed by atoms with Crippen molar-refractivity contribution in [3.8, 4) is 0 Å². The number of unbranched alkanes of at least 4 members (excludes halogenated alkanes) is 1. The van der Waals surface area contributed by atoms with E-state index in [1.54, 1.807) is 6.92 Å². The van der Waals surface area contributed by atoms with Gasteiger partial charge < -0.3 is 15.3 Å². The Morgan fingerprint density at radius 3 is 1.90 bits per heavy atom. The molecule has 2 N–H and O–H groups in total. The van der Waals surface area contributed by atoms with Gasteiger partial charge in [-0.15, -0.1) is 0 Å². The largest absolute Gasteiger partial charge is 0.478 e. The SMILES string of the molecule is CCCC/C(C(=O)O)=C(/C1=NC(C)(C(C)C)C(=O)N1)C(C)C.CCN(CC)CC. The number of amidine groups is 1. The molecule has 1 rings (SSSR count). The third-order valence-corrected chi connectivity index (χ3v) is 5.70. The Morgan fingerprint density at radius 2 is 1.62 bits per heavy atom. The van der Waals surface area contributed by atoms with Gasteiger partial charge in [0.25, 0.3) is 5.91 Å². The molecule has 1 amide bonds. The van der Waals surface area contributed by atoms with Crippen molar-refractivity contribution in [2.24, 2.45) is 16.8 Å². The summed E-state index contributed by atoms with van der Waals surface area (Å²) in [6, 6.07) is 0. The van der Waals surface area contributed by atoms with Crippen LogP contribution in [-0.2, 0) is 9.59 Å². The van der Waals surface area contributed by atoms with Gasteiger partial charge in [-0.05, 0) is 51.2 Å². The summed E-state index contributed by atoms with van der Waals surface area (Å²) < 4.78 is 0. The van der Waals surface area contributed by atoms with Gasteiger partial charge in [0.2, 0.25) is 0 Å². The highest BCUT2D eigenvalue weighted by molar-refractivity contribution is 6.17. The molecule has 29 heavy (non-hydrogen) atoms. The van der Waals surface area contributed by atoms with E-state index < -0.39 is 11.5 Å². The highest BCUT2D eigenvalue weighted by Gasteiger charge is 2.43. The lowest BCUT2D eigenvalue weighted by Crippen LogP contribution is -2.41. The fourth-order valence-electron chi connectivity index (χ4n) is 3.21. The van der Waals surface area contributed by atoms with Crippen LogP contribution in [0.15, 0.2) is 16.1 Å². The molecular weight excluding hydrogens is 366 g/mol. The minimum absolute atomic E-state index is 0.0171. The summed E-state index contributed by atoms with van der Waals surface area (Å²) >= 11 is 0. The maximum atomic E-state index is 12.3. The Kier molecular flexibility index (Phi) is 12.0. The van der Waals surface area contributed by atoms with Crippen LogP contribution < -0.4 is 5.32 Å². The minimum Gasteiger partial charge on any atom is -0.478 e. The van der Waals surface area contributed by atoms with Gasteiger partial charge in [-0.25, -0.2) is 4.79 Å². The Bertz CT molecular complexity index is 599. The van der Waals surface area contributed by atoms with Gasteiger partial charge in [0.05, 0.1) is 0 Å². The number of nitrogens with zero attached hydrogens (tertiary/aromatic N) is 2. The van der Waals surface area contributed by atoms with E-state index in [4.69, 9.17) is 0 Å². The summed E-state index contributed by atoms with van der Waals surface area (Å²) in [5, 5.41) is 12.4. The fourth-order valence-corrected chi connectivity index (χ4v) is 3.21. The number of hydrogen-bond acceptors (Lipinski definition) is 4. The van der Waals surface area contributed by atoms with Crippen molar-refractivity contribution in [1.29, 1.82) is 0 Å². The zero-order valence-corrected chi connectivity index (χ0v) is 20.1. The summed E-state index contributed by atoms with van der Waals surface area (Å²) in [5.74, 6) is -0.619. The number of carbonyl (C=O) groups is 2. The Morgan fingerprint density at radius 1 is 1.10 bits per heavy atom. The summed E-state index contributed by atoms with van der Waals surface area (Å²) in [5.41, 5.74) is 0.187. The molecule has 0 aromatic carbocycles. The maximum Gasteiger partial charge on any atom is 0.331 e. The highest BCUT2D eigenvalue weighted by atomic mass is 16.4. The summed E-state index contributed by atoms with van der Waals surface area (Å²) in [6.45, 7) is 21.7. The van der Waals surface area contributed by atoms with Crippen molar-refractivity contribution in [3.63, 3.8) is 0 Å². The maximum absolute atomic E-state index is 12.3. The van der Waals surface area contributed by atoms with E-state index in [2.05, 4.69) is 36.0 Å². The average molecular weight is 410 g/mol. The first kappa shape index (κ1) is 27.3. The standard InChI is InChI=1S/C17H28N2O3.C6H15N/c1-7-8-9-12(15(20)21)13(10(2)3)14-18-16(22)17(6,19-14)11(4)5;1-4-7(5-2)6-3/h10-11H,7-9H2,1-6H3,(H,20,21)(H,18,19,22);4-6H2,1-3H3/b13-12-;. The van der Waals surface area contributed by atoms with Crippen LogP contribution in [0, 0.1) is 11.8 Å². The third kappa shape index (κ3) is 7.57. The molecule has 0 aliphatic carbocycles. The van der Waals surface area contributed by atoms with Gasteiger partial charge in [-0.3, -0.25) is 9.79 Å². The average Bonchev–Trinajstić information content (AvgIpc) is 2.95. The molecule has 0 saturated heterocycles. The second kappa shape index (κ2) is 12.8. The van der Waals surface area contributed by atoms with Gasteiger partial charge in [0, 0.05) is 11.1 Å². The van der Waals surface area contributed by atoms with Crippen LogP contribution in [0.25, 0.3) is 0 Å². The second-order valence-electron chi connectivity index (χ2n) is 8.29. The predicted octanol–water partition coefficient (Wildman–Crippen LogP) is 4.50. The first-order chi connectivity index (χ1) is 13.5. The normalized spacial score (nSPS) is 19.7. The van der Waals surface area contributed by atoms with Crippen LogP contribution in [0.4, 0.5) is 0 Å². The van der Waals surface area contributed by atoms with E-state index in [9.17, 15) is 14.7 Å². The molecule has 1 aliphatic heterocycles. The third-order valence-electron chi connectivity index (χ3n) is 5.70. The molecule has 0 radical (unpaired) electrons. The Labute approximate surface area is 177 Å². The van der Waals surface area contributed by atoms with Crippen molar-refractivity contribution < 1.29 is 14.7 Å². The van der Waals surface area contributed by atoms with Gasteiger partial charge in [-0.1, -0.05) is 61.8 Å². The fraction of sp³-hybridized carbons (Fsp3) is 0.783. The number of amides is 1. The zero-order valence-electron chi connectivity index (χ0n) is 20.1. The second-order valence-corrected chi connectivity index (χ2v) is 8.29. The number of aliphatic imine (C=N–C) groups is 1. The molecule has 1 aliphatic rings. The van der Waals surface area contributed by atoms with Gasteiger partial charge >= 0.3 is 5.97 Å². The molecule has 168 valence electrons. The van der Waals surface area contributed by atoms with Crippen molar-refractivity contribution in [2.75, 3.05) is 19.6 Å². The summed E-state index contributed by atoms with van der Waals surface area (Å²) in [7, 11) is 0. The molecule has 0 aromatic rings. The first-order valence-electron chi connectivity index (χ1n) is 11.1. The molecule has 1 heterocycles. The van der Waals surface area contributed by atoms with E-state index in [-0.39, 0.29) is 17.7 Å². The molecule has 0 saturated carbocycles. The first-order valence-corrected chi connectivity index (χ1v) is 11.1. The number of rotatable bonds is 10. The van der Waals surface area contributed by atoms with E-state index in [1.165, 1.54) is 19.6 Å². The van der Waals surface area contributed by atoms with Crippen LogP contribution >= 0.6 is 0 Å². The lowest BCUT2D eigenvalue weighted by molar-refractivity contribution is -0.133. The molecule has 6 heteroatoms. The number of carboxylic acid groups (broad SMARTS) is 1. The molecule has 0 fully saturated rings. The van der Waals surface area contributed by atoms with Crippen molar-refractivity contribution in [3.05, 3.63) is 11.1 Å². The molecule has 0 bridgehead atoms. The van der Waals surface area contributed by atoms with Gasteiger partial charge in [-0.2, -0.15) is 0 Å². The van der Waals surface area contributed by atoms with Crippen LogP contribution in [-0.4, -0.2) is 52.9 Å². The molecule has 6 nitrogen and oxygen atoms in total. The number of carbonyl (C=O) groups excluding carboxylic acids is 1. The molecule has 0 aromatic heterocycles. The number of nitrogens with one attached hydrogen (secondary N) is 1. The smallest absolute Gasteiger partial charge is 0.331 e. The number of carboxylic acids is 1. The Balaban J connectivity index is 0.000000956. The molecule has 1 unspecified atom stereocenters. The lowest BCUT2D eigenvalue weighted by atomic mass is 9.89. The summed E-state index contributed by atoms with van der Waals surface area (Å²) in [4.78, 5) is 30.9. The van der Waals surface area contributed by atoms with Gasteiger partial charge in [0.1, 0.15) is 11.4 Å². The Hall–Kier alpha value is -1.69. The topological polar surface area (TPSA) is 82.0 Å². The van der Waals surface area contributed by atoms with E-state index in [0.29, 0.717) is 23.4 Å². The number of aliphatic carboxylic acids is 1. The predicted molar refractivity (Wildman–Crippen MR) is 121 cm³/mol. The van der Waals surface area contributed by atoms with Crippen molar-refractivity contribution in [1.82, 2.24) is 10.2 Å². The van der Waals surface area contributed by atoms with Crippen LogP contribution in [0.3, 0.4) is 0 Å². The molecule has 0 spiro atoms. The van der Waals surface area contributed by atoms with Crippen molar-refractivity contribution in [2.45, 2.75) is 87.1 Å². The lowest BCUT2D eigenvalue weighted by Gasteiger charge is -2.21. The number of hydrogen-bond donors (Lipinski definition) is 2. The van der Waals surface area contributed by atoms with E-state index >= 15 is 0 Å². The zero-order chi connectivity index (χ0) is 22.8. The monoisotopic (exact) mass is 409 g/mol. The quantitative estimate of drug-likeness (QED) is 0.520. The van der Waals surface area contributed by atoms with E-state index in [1.807, 2.05) is 34.6 Å². The van der Waals surface area contributed by atoms with Crippen LogP contribution in [0.2, 0.25) is 0 Å². The highest BCUT2D eigenvalue weighted by Crippen LogP contribution is 2.30. The van der Waals surface area contributed by atoms with E-state index in [0.717, 1.165) is 12.8 Å². The van der Waals surface area contributed by atoms with Crippen LogP contribution in [0.1, 0.15) is 81.6 Å². The minimum atomic E-state index is -0.924. The molecular formula is C23H43N3O3. The molecule has 1 atom stereocenters. The van der Waals surface area contributed by atoms with Crippen molar-refractivity contribution >= 4 is 17.7 Å². The summed E-state index contributed by atoms with van der Waals surface area (Å²) in [6.07, 6.45) is 2.22. The van der Waals surface area contributed by atoms with Gasteiger partial charge in [0.15, 0.2) is 0 Å².